The van der Waals surface area contributed by atoms with Gasteiger partial charge in [-0.05, 0) is 40.5 Å². The van der Waals surface area contributed by atoms with Crippen LogP contribution >= 0.6 is 11.6 Å². The lowest BCUT2D eigenvalue weighted by atomic mass is 9.90. The predicted molar refractivity (Wildman–Crippen MR) is 113 cm³/mol. The summed E-state index contributed by atoms with van der Waals surface area (Å²) < 4.78 is 6.25. The maximum atomic E-state index is 11.5. The number of piperidine rings is 1. The fourth-order valence-electron chi connectivity index (χ4n) is 3.86. The monoisotopic (exact) mass is 410 g/mol. The van der Waals surface area contributed by atoms with Gasteiger partial charge >= 0.3 is 6.09 Å². The molecule has 1 N–H and O–H groups in total. The molecule has 2 unspecified atom stereocenters. The van der Waals surface area contributed by atoms with Crippen LogP contribution in [0.3, 0.4) is 0 Å². The highest BCUT2D eigenvalue weighted by Crippen LogP contribution is 2.30. The Morgan fingerprint density at radius 2 is 1.93 bits per heavy atom. The second kappa shape index (κ2) is 8.80. The highest BCUT2D eigenvalue weighted by atomic mass is 35.5. The van der Waals surface area contributed by atoms with E-state index in [4.69, 9.17) is 16.3 Å². The Bertz CT molecular complexity index is 993. The van der Waals surface area contributed by atoms with Crippen molar-refractivity contribution in [2.75, 3.05) is 13.1 Å². The van der Waals surface area contributed by atoms with Crippen molar-refractivity contribution in [2.24, 2.45) is 0 Å². The summed E-state index contributed by atoms with van der Waals surface area (Å²) >= 11 is 5.87. The molecule has 0 spiro atoms. The average molecular weight is 411 g/mol. The van der Waals surface area contributed by atoms with Gasteiger partial charge in [-0.15, -0.1) is 11.6 Å². The number of ether oxygens (including phenoxy) is 1. The first-order valence-corrected chi connectivity index (χ1v) is 10.3. The van der Waals surface area contributed by atoms with Gasteiger partial charge in [0.25, 0.3) is 0 Å². The number of aromatic nitrogens is 1. The fourth-order valence-corrected chi connectivity index (χ4v) is 4.02. The molecule has 150 valence electrons. The normalized spacial score (nSPS) is 19.4. The number of carboxylic acid groups (broad SMARTS) is 1. The van der Waals surface area contributed by atoms with Crippen molar-refractivity contribution in [1.29, 1.82) is 0 Å². The number of alkyl halides is 1. The molecule has 0 saturated carbocycles. The molecule has 1 fully saturated rings. The number of hydrogen-bond donors (Lipinski definition) is 1. The fraction of sp³-hybridized carbons (Fsp3) is 0.304. The molecule has 5 nitrogen and oxygen atoms in total. The van der Waals surface area contributed by atoms with Gasteiger partial charge in [0.15, 0.2) is 0 Å². The molecule has 0 aliphatic carbocycles. The first-order valence-electron chi connectivity index (χ1n) is 9.72. The molecule has 3 aromatic rings. The van der Waals surface area contributed by atoms with Crippen molar-refractivity contribution in [3.63, 3.8) is 0 Å². The summed E-state index contributed by atoms with van der Waals surface area (Å²) in [6, 6.07) is 18.4. The van der Waals surface area contributed by atoms with Gasteiger partial charge < -0.3 is 14.7 Å². The second-order valence-electron chi connectivity index (χ2n) is 7.38. The quantitative estimate of drug-likeness (QED) is 0.599. The number of rotatable bonds is 5. The second-order valence-corrected chi connectivity index (χ2v) is 7.65. The number of likely N-dealkylation sites (tertiary alicyclic amines) is 1. The van der Waals surface area contributed by atoms with Gasteiger partial charge in [0.1, 0.15) is 0 Å². The van der Waals surface area contributed by atoms with Crippen LogP contribution in [0.2, 0.25) is 0 Å². The summed E-state index contributed by atoms with van der Waals surface area (Å²) in [6.07, 6.45) is 1.31. The van der Waals surface area contributed by atoms with Crippen molar-refractivity contribution in [3.8, 4) is 0 Å². The predicted octanol–water partition coefficient (Wildman–Crippen LogP) is 5.03. The summed E-state index contributed by atoms with van der Waals surface area (Å²) in [5.41, 5.74) is 2.96. The third kappa shape index (κ3) is 4.52. The topological polar surface area (TPSA) is 62.7 Å². The summed E-state index contributed by atoms with van der Waals surface area (Å²) in [5, 5.41) is 11.8. The van der Waals surface area contributed by atoms with E-state index in [-0.39, 0.29) is 12.0 Å². The van der Waals surface area contributed by atoms with Crippen molar-refractivity contribution in [1.82, 2.24) is 9.88 Å². The number of carbonyl (C=O) groups is 1. The van der Waals surface area contributed by atoms with Gasteiger partial charge in [0, 0.05) is 30.2 Å². The van der Waals surface area contributed by atoms with Crippen LogP contribution in [0.4, 0.5) is 4.79 Å². The number of hydrogen-bond acceptors (Lipinski definition) is 3. The minimum absolute atomic E-state index is 0.0513. The van der Waals surface area contributed by atoms with Gasteiger partial charge in [-0.2, -0.15) is 0 Å². The molecule has 1 aliphatic rings. The van der Waals surface area contributed by atoms with E-state index in [1.807, 2.05) is 24.3 Å². The SMILES string of the molecule is O=C(O)N1CCC(c2ccc(CCl)cn2)C(OCc2ccc3ccccc3c2)C1. The molecule has 4 rings (SSSR count). The third-order valence-electron chi connectivity index (χ3n) is 5.49. The zero-order valence-electron chi connectivity index (χ0n) is 16.0. The summed E-state index contributed by atoms with van der Waals surface area (Å²) in [7, 11) is 0. The molecular weight excluding hydrogens is 388 g/mol. The Hall–Kier alpha value is -2.63. The molecule has 1 saturated heterocycles. The van der Waals surface area contributed by atoms with Crippen LogP contribution in [0.5, 0.6) is 0 Å². The zero-order chi connectivity index (χ0) is 20.2. The van der Waals surface area contributed by atoms with E-state index >= 15 is 0 Å². The number of nitrogens with zero attached hydrogens (tertiary/aromatic N) is 2. The Morgan fingerprint density at radius 1 is 1.14 bits per heavy atom. The summed E-state index contributed by atoms with van der Waals surface area (Å²) in [6.45, 7) is 1.25. The lowest BCUT2D eigenvalue weighted by molar-refractivity contribution is -0.0207. The van der Waals surface area contributed by atoms with Crippen LogP contribution in [-0.2, 0) is 17.2 Å². The van der Waals surface area contributed by atoms with Crippen LogP contribution in [-0.4, -0.2) is 40.3 Å². The van der Waals surface area contributed by atoms with Crippen molar-refractivity contribution in [2.45, 2.75) is 30.9 Å². The van der Waals surface area contributed by atoms with Crippen molar-refractivity contribution in [3.05, 3.63) is 77.6 Å². The van der Waals surface area contributed by atoms with E-state index in [1.54, 1.807) is 6.20 Å². The highest BCUT2D eigenvalue weighted by molar-refractivity contribution is 6.17. The van der Waals surface area contributed by atoms with Gasteiger partial charge in [0.2, 0.25) is 0 Å². The van der Waals surface area contributed by atoms with E-state index < -0.39 is 6.09 Å². The number of amides is 1. The summed E-state index contributed by atoms with van der Waals surface area (Å²) in [5.74, 6) is 0.475. The van der Waals surface area contributed by atoms with Crippen LogP contribution in [0.15, 0.2) is 60.8 Å². The molecule has 2 atom stereocenters. The van der Waals surface area contributed by atoms with Crippen LogP contribution < -0.4 is 0 Å². The van der Waals surface area contributed by atoms with E-state index in [2.05, 4.69) is 35.3 Å². The van der Waals surface area contributed by atoms with Gasteiger partial charge in [-0.25, -0.2) is 4.79 Å². The highest BCUT2D eigenvalue weighted by Gasteiger charge is 2.34. The van der Waals surface area contributed by atoms with Crippen molar-refractivity contribution >= 4 is 28.5 Å². The summed E-state index contributed by atoms with van der Waals surface area (Å²) in [4.78, 5) is 17.5. The van der Waals surface area contributed by atoms with Gasteiger partial charge in [-0.3, -0.25) is 4.98 Å². The van der Waals surface area contributed by atoms with E-state index in [9.17, 15) is 9.90 Å². The van der Waals surface area contributed by atoms with Gasteiger partial charge in [0.05, 0.1) is 19.3 Å². The third-order valence-corrected chi connectivity index (χ3v) is 5.80. The number of halogens is 1. The van der Waals surface area contributed by atoms with Crippen LogP contribution in [0, 0.1) is 0 Å². The van der Waals surface area contributed by atoms with Crippen LogP contribution in [0.25, 0.3) is 10.8 Å². The largest absolute Gasteiger partial charge is 0.465 e. The number of pyridine rings is 1. The minimum atomic E-state index is -0.909. The first-order chi connectivity index (χ1) is 14.1. The van der Waals surface area contributed by atoms with E-state index in [0.717, 1.165) is 16.8 Å². The number of fused-ring (bicyclic) bond motifs is 1. The number of benzene rings is 2. The maximum Gasteiger partial charge on any atom is 0.407 e. The Labute approximate surface area is 174 Å². The molecule has 0 bridgehead atoms. The maximum absolute atomic E-state index is 11.5. The van der Waals surface area contributed by atoms with Gasteiger partial charge in [-0.1, -0.05) is 42.5 Å². The molecule has 1 amide bonds. The van der Waals surface area contributed by atoms with E-state index in [1.165, 1.54) is 15.7 Å². The lowest BCUT2D eigenvalue weighted by Crippen LogP contribution is -2.46. The molecule has 2 aromatic carbocycles. The Kier molecular flexibility index (Phi) is 5.97. The molecule has 6 heteroatoms. The van der Waals surface area contributed by atoms with Crippen molar-refractivity contribution < 1.29 is 14.6 Å². The van der Waals surface area contributed by atoms with E-state index in [0.29, 0.717) is 32.0 Å². The Morgan fingerprint density at radius 3 is 2.66 bits per heavy atom. The molecular formula is C23H23ClN2O3. The van der Waals surface area contributed by atoms with Crippen LogP contribution in [0.1, 0.15) is 29.2 Å². The average Bonchev–Trinajstić information content (AvgIpc) is 2.77. The Balaban J connectivity index is 1.52. The molecule has 29 heavy (non-hydrogen) atoms. The molecule has 1 aliphatic heterocycles. The lowest BCUT2D eigenvalue weighted by Gasteiger charge is -2.36. The zero-order valence-corrected chi connectivity index (χ0v) is 16.8. The first kappa shape index (κ1) is 19.7. The molecule has 1 aromatic heterocycles. The minimum Gasteiger partial charge on any atom is -0.465 e. The molecule has 2 heterocycles. The standard InChI is InChI=1S/C23H23ClN2O3/c24-12-17-6-8-21(25-13-17)20-9-10-26(23(27)28)14-22(20)29-15-16-5-7-18-3-1-2-4-19(18)11-16/h1-8,11,13,20,22H,9-10,12,14-15H2,(H,27,28). The molecule has 0 radical (unpaired) electrons. The smallest absolute Gasteiger partial charge is 0.407 e.